The average Bonchev–Trinajstić information content (AvgIpc) is 2.63. The molecule has 1 saturated carbocycles. The lowest BCUT2D eigenvalue weighted by Crippen LogP contribution is -2.33. The highest BCUT2D eigenvalue weighted by Crippen LogP contribution is 2.38. The third kappa shape index (κ3) is 2.95. The highest BCUT2D eigenvalue weighted by molar-refractivity contribution is 7.89. The van der Waals surface area contributed by atoms with E-state index in [9.17, 15) is 13.2 Å². The third-order valence-corrected chi connectivity index (χ3v) is 4.26. The van der Waals surface area contributed by atoms with Gasteiger partial charge in [-0.1, -0.05) is 6.92 Å². The maximum absolute atomic E-state index is 11.4. The number of carboxylic acids is 1. The van der Waals surface area contributed by atoms with Gasteiger partial charge in [-0.15, -0.1) is 0 Å². The Morgan fingerprint density at radius 1 is 1.57 bits per heavy atom. The topological polar surface area (TPSA) is 74.7 Å². The number of rotatable bonds is 5. The van der Waals surface area contributed by atoms with Gasteiger partial charge in [0.1, 0.15) is 0 Å². The molecule has 0 aromatic heterocycles. The Kier molecular flexibility index (Phi) is 3.16. The molecule has 6 heteroatoms. The zero-order chi connectivity index (χ0) is 10.9. The van der Waals surface area contributed by atoms with E-state index < -0.39 is 21.7 Å². The second kappa shape index (κ2) is 3.86. The van der Waals surface area contributed by atoms with E-state index in [2.05, 4.69) is 6.92 Å². The van der Waals surface area contributed by atoms with Gasteiger partial charge in [-0.25, -0.2) is 12.7 Å². The van der Waals surface area contributed by atoms with E-state index in [4.69, 9.17) is 5.11 Å². The van der Waals surface area contributed by atoms with Gasteiger partial charge in [-0.05, 0) is 18.3 Å². The fourth-order valence-electron chi connectivity index (χ4n) is 1.36. The van der Waals surface area contributed by atoms with Crippen molar-refractivity contribution in [2.45, 2.75) is 13.3 Å². The SMILES string of the molecule is CC1CC1CN(C)S(=O)(=O)CC(=O)O. The molecule has 0 amide bonds. The van der Waals surface area contributed by atoms with Gasteiger partial charge in [-0.3, -0.25) is 4.79 Å². The molecule has 0 bridgehead atoms. The van der Waals surface area contributed by atoms with Gasteiger partial charge in [0.15, 0.2) is 5.75 Å². The molecule has 2 unspecified atom stereocenters. The average molecular weight is 221 g/mol. The quantitative estimate of drug-likeness (QED) is 0.708. The summed E-state index contributed by atoms with van der Waals surface area (Å²) >= 11 is 0. The molecular formula is C8H15NO4S. The molecule has 14 heavy (non-hydrogen) atoms. The second-order valence-corrected chi connectivity index (χ2v) is 5.98. The number of aliphatic carboxylic acids is 1. The fraction of sp³-hybridized carbons (Fsp3) is 0.875. The highest BCUT2D eigenvalue weighted by atomic mass is 32.2. The number of nitrogens with zero attached hydrogens (tertiary/aromatic N) is 1. The molecule has 0 aliphatic heterocycles. The van der Waals surface area contributed by atoms with Gasteiger partial charge >= 0.3 is 5.97 Å². The summed E-state index contributed by atoms with van der Waals surface area (Å²) in [7, 11) is -2.17. The molecule has 1 fully saturated rings. The van der Waals surface area contributed by atoms with Crippen molar-refractivity contribution >= 4 is 16.0 Å². The molecule has 1 rings (SSSR count). The molecule has 0 spiro atoms. The van der Waals surface area contributed by atoms with Crippen LogP contribution in [-0.4, -0.2) is 43.1 Å². The summed E-state index contributed by atoms with van der Waals surface area (Å²) in [5, 5.41) is 8.39. The van der Waals surface area contributed by atoms with Crippen LogP contribution in [0.2, 0.25) is 0 Å². The van der Waals surface area contributed by atoms with Crippen LogP contribution in [0.4, 0.5) is 0 Å². The van der Waals surface area contributed by atoms with Gasteiger partial charge in [0.05, 0.1) is 0 Å². The van der Waals surface area contributed by atoms with E-state index in [-0.39, 0.29) is 0 Å². The Morgan fingerprint density at radius 2 is 2.07 bits per heavy atom. The van der Waals surface area contributed by atoms with Crippen molar-refractivity contribution in [2.24, 2.45) is 11.8 Å². The van der Waals surface area contributed by atoms with Crippen LogP contribution in [0.15, 0.2) is 0 Å². The van der Waals surface area contributed by atoms with Crippen molar-refractivity contribution in [3.05, 3.63) is 0 Å². The predicted molar refractivity (Wildman–Crippen MR) is 51.3 cm³/mol. The first-order chi connectivity index (χ1) is 6.33. The van der Waals surface area contributed by atoms with Crippen molar-refractivity contribution in [2.75, 3.05) is 19.3 Å². The molecule has 0 radical (unpaired) electrons. The maximum Gasteiger partial charge on any atom is 0.320 e. The lowest BCUT2D eigenvalue weighted by Gasteiger charge is -2.15. The lowest BCUT2D eigenvalue weighted by atomic mass is 10.3. The molecule has 5 nitrogen and oxygen atoms in total. The number of carboxylic acid groups (broad SMARTS) is 1. The maximum atomic E-state index is 11.4. The molecule has 1 aliphatic rings. The zero-order valence-corrected chi connectivity index (χ0v) is 9.12. The standard InChI is InChI=1S/C8H15NO4S/c1-6-3-7(6)4-9(2)14(12,13)5-8(10)11/h6-7H,3-5H2,1-2H3,(H,10,11). The van der Waals surface area contributed by atoms with Crippen molar-refractivity contribution in [1.29, 1.82) is 0 Å². The molecule has 2 atom stereocenters. The minimum absolute atomic E-state index is 0.406. The number of hydrogen-bond donors (Lipinski definition) is 1. The van der Waals surface area contributed by atoms with Gasteiger partial charge in [0.2, 0.25) is 10.0 Å². The van der Waals surface area contributed by atoms with Gasteiger partial charge in [-0.2, -0.15) is 0 Å². The van der Waals surface area contributed by atoms with E-state index >= 15 is 0 Å². The first-order valence-corrected chi connectivity index (χ1v) is 6.09. The fourth-order valence-corrected chi connectivity index (χ4v) is 2.31. The third-order valence-electron chi connectivity index (χ3n) is 2.55. The number of sulfonamides is 1. The minimum atomic E-state index is -3.60. The lowest BCUT2D eigenvalue weighted by molar-refractivity contribution is -0.134. The van der Waals surface area contributed by atoms with Crippen LogP contribution < -0.4 is 0 Å². The Hall–Kier alpha value is -0.620. The Bertz CT molecular complexity index is 324. The van der Waals surface area contributed by atoms with Crippen LogP contribution in [-0.2, 0) is 14.8 Å². The van der Waals surface area contributed by atoms with Crippen LogP contribution in [0, 0.1) is 11.8 Å². The molecule has 82 valence electrons. The van der Waals surface area contributed by atoms with Gasteiger partial charge in [0, 0.05) is 13.6 Å². The van der Waals surface area contributed by atoms with Crippen LogP contribution in [0.25, 0.3) is 0 Å². The predicted octanol–water partition coefficient (Wildman–Crippen LogP) is -0.0114. The van der Waals surface area contributed by atoms with E-state index in [0.717, 1.165) is 10.7 Å². The van der Waals surface area contributed by atoms with Crippen LogP contribution >= 0.6 is 0 Å². The largest absolute Gasteiger partial charge is 0.480 e. The second-order valence-electron chi connectivity index (χ2n) is 3.90. The van der Waals surface area contributed by atoms with Crippen molar-refractivity contribution in [3.63, 3.8) is 0 Å². The molecule has 0 aromatic rings. The van der Waals surface area contributed by atoms with E-state index in [0.29, 0.717) is 18.4 Å². The van der Waals surface area contributed by atoms with Crippen molar-refractivity contribution < 1.29 is 18.3 Å². The first-order valence-electron chi connectivity index (χ1n) is 4.48. The van der Waals surface area contributed by atoms with Gasteiger partial charge < -0.3 is 5.11 Å². The van der Waals surface area contributed by atoms with E-state index in [1.54, 1.807) is 0 Å². The summed E-state index contributed by atoms with van der Waals surface area (Å²) in [6, 6.07) is 0. The van der Waals surface area contributed by atoms with Crippen LogP contribution in [0.3, 0.4) is 0 Å². The zero-order valence-electron chi connectivity index (χ0n) is 8.30. The molecule has 1 aliphatic carbocycles. The molecule has 0 heterocycles. The summed E-state index contributed by atoms with van der Waals surface area (Å²) in [6.45, 7) is 2.50. The van der Waals surface area contributed by atoms with E-state index in [1.165, 1.54) is 7.05 Å². The van der Waals surface area contributed by atoms with Crippen LogP contribution in [0.1, 0.15) is 13.3 Å². The Labute approximate surface area is 83.8 Å². The summed E-state index contributed by atoms with van der Waals surface area (Å²) in [4.78, 5) is 10.3. The summed E-state index contributed by atoms with van der Waals surface area (Å²) < 4.78 is 23.9. The molecule has 1 N–H and O–H groups in total. The molecular weight excluding hydrogens is 206 g/mol. The minimum Gasteiger partial charge on any atom is -0.480 e. The monoisotopic (exact) mass is 221 g/mol. The van der Waals surface area contributed by atoms with Gasteiger partial charge in [0.25, 0.3) is 0 Å². The smallest absolute Gasteiger partial charge is 0.320 e. The molecule has 0 saturated heterocycles. The van der Waals surface area contributed by atoms with Crippen molar-refractivity contribution in [3.8, 4) is 0 Å². The summed E-state index contributed by atoms with van der Waals surface area (Å²) in [5.74, 6) is -1.15. The number of carbonyl (C=O) groups is 1. The summed E-state index contributed by atoms with van der Waals surface area (Å²) in [5.41, 5.74) is 0. The van der Waals surface area contributed by atoms with E-state index in [1.807, 2.05) is 0 Å². The Morgan fingerprint density at radius 3 is 2.43 bits per heavy atom. The molecule has 0 aromatic carbocycles. The highest BCUT2D eigenvalue weighted by Gasteiger charge is 2.36. The van der Waals surface area contributed by atoms with Crippen LogP contribution in [0.5, 0.6) is 0 Å². The summed E-state index contributed by atoms with van der Waals surface area (Å²) in [6.07, 6.45) is 1.03. The first kappa shape index (κ1) is 11.5. The number of hydrogen-bond acceptors (Lipinski definition) is 3. The van der Waals surface area contributed by atoms with Crippen molar-refractivity contribution in [1.82, 2.24) is 4.31 Å². The normalized spacial score (nSPS) is 26.5. The Balaban J connectivity index is 2.50.